The zero-order valence-electron chi connectivity index (χ0n) is 11.9. The average Bonchev–Trinajstić information content (AvgIpc) is 2.41. The highest BCUT2D eigenvalue weighted by Gasteiger charge is 2.42. The summed E-state index contributed by atoms with van der Waals surface area (Å²) in [4.78, 5) is 11.3. The Balaban J connectivity index is 2.83. The normalized spacial score (nSPS) is 12.9. The van der Waals surface area contributed by atoms with E-state index < -0.39 is 19.2 Å². The molecule has 0 heterocycles. The zero-order chi connectivity index (χ0) is 15.9. The number of aromatic hydroxyl groups is 1. The highest BCUT2D eigenvalue weighted by atomic mass is 31.2. The molecule has 7 nitrogen and oxygen atoms in total. The Morgan fingerprint density at radius 1 is 1.19 bits per heavy atom. The minimum Gasteiger partial charge on any atom is -0.508 e. The van der Waals surface area contributed by atoms with Crippen LogP contribution in [0.25, 0.3) is 0 Å². The lowest BCUT2D eigenvalue weighted by Gasteiger charge is -2.23. The van der Waals surface area contributed by atoms with Crippen molar-refractivity contribution in [1.29, 1.82) is 0 Å². The van der Waals surface area contributed by atoms with Gasteiger partial charge in [0.1, 0.15) is 18.1 Å². The van der Waals surface area contributed by atoms with Crippen LogP contribution in [0.2, 0.25) is 0 Å². The molecule has 1 atom stereocenters. The van der Waals surface area contributed by atoms with Gasteiger partial charge >= 0.3 is 13.6 Å². The van der Waals surface area contributed by atoms with E-state index in [1.54, 1.807) is 13.8 Å². The van der Waals surface area contributed by atoms with Gasteiger partial charge in [-0.15, -0.1) is 0 Å². The Labute approximate surface area is 123 Å². The molecular weight excluding hydrogens is 299 g/mol. The van der Waals surface area contributed by atoms with E-state index in [9.17, 15) is 14.5 Å². The fourth-order valence-electron chi connectivity index (χ4n) is 1.59. The van der Waals surface area contributed by atoms with Crippen molar-refractivity contribution in [3.63, 3.8) is 0 Å². The SMILES string of the molecule is CCOP(=O)(OCC)C(COc1ccc(O)cc1)C(=O)O. The fraction of sp³-hybridized carbons (Fsp3) is 0.462. The molecule has 1 aromatic rings. The molecule has 118 valence electrons. The Morgan fingerprint density at radius 2 is 1.71 bits per heavy atom. The highest BCUT2D eigenvalue weighted by molar-refractivity contribution is 7.55. The Kier molecular flexibility index (Phi) is 6.68. The number of benzene rings is 1. The molecule has 8 heteroatoms. The first kappa shape index (κ1) is 17.5. The Morgan fingerprint density at radius 3 is 2.14 bits per heavy atom. The maximum Gasteiger partial charge on any atom is 0.348 e. The number of carbonyl (C=O) groups is 1. The van der Waals surface area contributed by atoms with Gasteiger partial charge in [0.05, 0.1) is 13.2 Å². The summed E-state index contributed by atoms with van der Waals surface area (Å²) in [7, 11) is -3.81. The van der Waals surface area contributed by atoms with Gasteiger partial charge in [-0.3, -0.25) is 9.36 Å². The van der Waals surface area contributed by atoms with Crippen molar-refractivity contribution < 1.29 is 33.4 Å². The number of ether oxygens (including phenoxy) is 1. The molecule has 0 radical (unpaired) electrons. The number of phenolic OH excluding ortho intramolecular Hbond substituents is 1. The Bertz CT molecular complexity index is 490. The number of phenols is 1. The van der Waals surface area contributed by atoms with Crippen LogP contribution in [-0.2, 0) is 18.4 Å². The maximum atomic E-state index is 12.5. The van der Waals surface area contributed by atoms with Crippen molar-refractivity contribution >= 4 is 13.6 Å². The monoisotopic (exact) mass is 318 g/mol. The largest absolute Gasteiger partial charge is 0.508 e. The lowest BCUT2D eigenvalue weighted by molar-refractivity contribution is -0.137. The molecular formula is C13H19O7P. The number of carboxylic acid groups (broad SMARTS) is 1. The molecule has 21 heavy (non-hydrogen) atoms. The quantitative estimate of drug-likeness (QED) is 0.674. The number of carboxylic acids is 1. The predicted molar refractivity (Wildman–Crippen MR) is 75.9 cm³/mol. The lowest BCUT2D eigenvalue weighted by Crippen LogP contribution is -2.29. The zero-order valence-corrected chi connectivity index (χ0v) is 12.8. The lowest BCUT2D eigenvalue weighted by atomic mass is 10.3. The van der Waals surface area contributed by atoms with Gasteiger partial charge in [-0.05, 0) is 38.1 Å². The molecule has 0 aliphatic rings. The summed E-state index contributed by atoms with van der Waals surface area (Å²) in [6, 6.07) is 5.74. The summed E-state index contributed by atoms with van der Waals surface area (Å²) in [5, 5.41) is 18.4. The van der Waals surface area contributed by atoms with E-state index in [1.807, 2.05) is 0 Å². The minimum atomic E-state index is -3.81. The third-order valence-corrected chi connectivity index (χ3v) is 4.90. The molecule has 0 bridgehead atoms. The van der Waals surface area contributed by atoms with Gasteiger partial charge in [-0.2, -0.15) is 0 Å². The first-order chi connectivity index (χ1) is 9.92. The second-order valence-electron chi connectivity index (χ2n) is 4.03. The number of hydrogen-bond acceptors (Lipinski definition) is 6. The molecule has 1 unspecified atom stereocenters. The van der Waals surface area contributed by atoms with Crippen LogP contribution in [0.5, 0.6) is 11.5 Å². The highest BCUT2D eigenvalue weighted by Crippen LogP contribution is 2.53. The van der Waals surface area contributed by atoms with Crippen molar-refractivity contribution in [2.75, 3.05) is 19.8 Å². The molecule has 0 saturated carbocycles. The van der Waals surface area contributed by atoms with Crippen LogP contribution in [-0.4, -0.2) is 41.7 Å². The summed E-state index contributed by atoms with van der Waals surface area (Å²) >= 11 is 0. The average molecular weight is 318 g/mol. The summed E-state index contributed by atoms with van der Waals surface area (Å²) in [5.74, 6) is -0.913. The number of hydrogen-bond donors (Lipinski definition) is 2. The van der Waals surface area contributed by atoms with E-state index in [1.165, 1.54) is 24.3 Å². The topological polar surface area (TPSA) is 102 Å². The molecule has 0 amide bonds. The third-order valence-electron chi connectivity index (χ3n) is 2.53. The van der Waals surface area contributed by atoms with Gasteiger partial charge in [0.25, 0.3) is 0 Å². The molecule has 0 aliphatic carbocycles. The van der Waals surface area contributed by atoms with Gasteiger partial charge in [-0.25, -0.2) is 0 Å². The van der Waals surface area contributed by atoms with Crippen molar-refractivity contribution in [2.24, 2.45) is 0 Å². The van der Waals surface area contributed by atoms with Crippen LogP contribution in [0.3, 0.4) is 0 Å². The molecule has 0 saturated heterocycles. The first-order valence-corrected chi connectivity index (χ1v) is 8.07. The fourth-order valence-corrected chi connectivity index (χ4v) is 3.27. The van der Waals surface area contributed by atoms with E-state index in [4.69, 9.17) is 18.9 Å². The molecule has 2 N–H and O–H groups in total. The minimum absolute atomic E-state index is 0.0615. The third kappa shape index (κ3) is 5.04. The van der Waals surface area contributed by atoms with Crippen LogP contribution in [0.1, 0.15) is 13.8 Å². The molecule has 0 spiro atoms. The van der Waals surface area contributed by atoms with E-state index in [0.717, 1.165) is 0 Å². The van der Waals surface area contributed by atoms with Gasteiger partial charge in [0, 0.05) is 0 Å². The number of aliphatic carboxylic acids is 1. The van der Waals surface area contributed by atoms with Gasteiger partial charge in [-0.1, -0.05) is 0 Å². The van der Waals surface area contributed by atoms with Crippen molar-refractivity contribution in [3.8, 4) is 11.5 Å². The van der Waals surface area contributed by atoms with Crippen LogP contribution < -0.4 is 4.74 Å². The first-order valence-electron chi connectivity index (χ1n) is 6.46. The van der Waals surface area contributed by atoms with E-state index >= 15 is 0 Å². The van der Waals surface area contributed by atoms with Crippen LogP contribution in [0.15, 0.2) is 24.3 Å². The van der Waals surface area contributed by atoms with E-state index in [2.05, 4.69) is 0 Å². The summed E-state index contributed by atoms with van der Waals surface area (Å²) < 4.78 is 27.9. The summed E-state index contributed by atoms with van der Waals surface area (Å²) in [5.41, 5.74) is -1.42. The second-order valence-corrected chi connectivity index (χ2v) is 6.25. The van der Waals surface area contributed by atoms with Gasteiger partial charge in [0.15, 0.2) is 5.66 Å². The summed E-state index contributed by atoms with van der Waals surface area (Å²) in [6.45, 7) is 2.98. The summed E-state index contributed by atoms with van der Waals surface area (Å²) in [6.07, 6.45) is 0. The van der Waals surface area contributed by atoms with E-state index in [-0.39, 0.29) is 25.6 Å². The van der Waals surface area contributed by atoms with Gasteiger partial charge < -0.3 is 24.0 Å². The smallest absolute Gasteiger partial charge is 0.348 e. The van der Waals surface area contributed by atoms with Crippen LogP contribution in [0.4, 0.5) is 0 Å². The van der Waals surface area contributed by atoms with Crippen molar-refractivity contribution in [1.82, 2.24) is 0 Å². The predicted octanol–water partition coefficient (Wildman–Crippen LogP) is 2.49. The Hall–Kier alpha value is -1.56. The molecule has 0 fully saturated rings. The van der Waals surface area contributed by atoms with E-state index in [0.29, 0.717) is 5.75 Å². The standard InChI is InChI=1S/C13H19O7P/c1-3-19-21(17,20-4-2)12(13(15)16)9-18-11-7-5-10(14)6-8-11/h5-8,12,14H,3-4,9H2,1-2H3,(H,15,16). The molecule has 1 aromatic carbocycles. The molecule has 0 aliphatic heterocycles. The molecule has 1 rings (SSSR count). The maximum absolute atomic E-state index is 12.5. The second kappa shape index (κ2) is 8.02. The van der Waals surface area contributed by atoms with Crippen molar-refractivity contribution in [3.05, 3.63) is 24.3 Å². The van der Waals surface area contributed by atoms with Crippen LogP contribution >= 0.6 is 7.60 Å². The van der Waals surface area contributed by atoms with Crippen LogP contribution in [0, 0.1) is 0 Å². The number of rotatable bonds is 9. The van der Waals surface area contributed by atoms with Crippen molar-refractivity contribution in [2.45, 2.75) is 19.5 Å². The van der Waals surface area contributed by atoms with Gasteiger partial charge in [0.2, 0.25) is 0 Å². The molecule has 0 aromatic heterocycles.